The summed E-state index contributed by atoms with van der Waals surface area (Å²) in [6, 6.07) is 16.6. The fourth-order valence-electron chi connectivity index (χ4n) is 3.36. The molecular weight excluding hydrogens is 394 g/mol. The van der Waals surface area contributed by atoms with Crippen molar-refractivity contribution in [3.63, 3.8) is 0 Å². The molecule has 4 rings (SSSR count). The first kappa shape index (κ1) is 20.2. The predicted octanol–water partition coefficient (Wildman–Crippen LogP) is 1.31. The van der Waals surface area contributed by atoms with Crippen molar-refractivity contribution in [3.8, 4) is 11.4 Å². The zero-order chi connectivity index (χ0) is 21.6. The summed E-state index contributed by atoms with van der Waals surface area (Å²) >= 11 is 0. The van der Waals surface area contributed by atoms with Crippen molar-refractivity contribution in [3.05, 3.63) is 105 Å². The van der Waals surface area contributed by atoms with Crippen LogP contribution in [0.3, 0.4) is 0 Å². The molecule has 2 aliphatic rings. The lowest BCUT2D eigenvalue weighted by molar-refractivity contribution is -0.121. The van der Waals surface area contributed by atoms with E-state index >= 15 is 0 Å². The molecule has 31 heavy (non-hydrogen) atoms. The minimum atomic E-state index is -0.654. The summed E-state index contributed by atoms with van der Waals surface area (Å²) in [6.45, 7) is 0.567. The standard InChI is InChI=1S/C23H21N5O3/c29-20(25-13-10-17-5-2-1-3-6-17)16-27-14-4-7-19-21(27)26-23(31)28(22(19)30)15-18-8-11-24-12-9-18/h1-9,11-12,14H,10,13,15-16H2,(H,25,29). The first-order valence-electron chi connectivity index (χ1n) is 9.91. The van der Waals surface area contributed by atoms with E-state index in [-0.39, 0.29) is 30.4 Å². The maximum absolute atomic E-state index is 12.9. The van der Waals surface area contributed by atoms with Gasteiger partial charge in [0.25, 0.3) is 5.56 Å². The number of rotatable bonds is 7. The van der Waals surface area contributed by atoms with Crippen molar-refractivity contribution < 1.29 is 4.79 Å². The largest absolute Gasteiger partial charge is 0.354 e. The summed E-state index contributed by atoms with van der Waals surface area (Å²) in [5.74, 6) is -0.0228. The molecule has 2 aliphatic heterocycles. The second-order valence-corrected chi connectivity index (χ2v) is 7.10. The SMILES string of the molecule is O=C(Cn1cccc2c(=O)n(Cc3ccncc3)c(=O)nc1-2)NCCc1ccccc1. The molecule has 1 amide bonds. The Labute approximate surface area is 178 Å². The number of pyridine rings is 2. The lowest BCUT2D eigenvalue weighted by Crippen LogP contribution is -2.39. The van der Waals surface area contributed by atoms with Crippen LogP contribution in [0.5, 0.6) is 0 Å². The van der Waals surface area contributed by atoms with Crippen LogP contribution in [0, 0.1) is 0 Å². The number of nitrogens with one attached hydrogen (secondary N) is 1. The molecule has 0 aliphatic carbocycles. The molecule has 3 heterocycles. The van der Waals surface area contributed by atoms with Crippen LogP contribution < -0.4 is 16.6 Å². The van der Waals surface area contributed by atoms with Crippen molar-refractivity contribution in [1.82, 2.24) is 24.4 Å². The Morgan fingerprint density at radius 2 is 1.71 bits per heavy atom. The van der Waals surface area contributed by atoms with Gasteiger partial charge < -0.3 is 9.88 Å². The van der Waals surface area contributed by atoms with Gasteiger partial charge in [0.1, 0.15) is 6.54 Å². The van der Waals surface area contributed by atoms with Gasteiger partial charge in [0.05, 0.1) is 12.1 Å². The fourth-order valence-corrected chi connectivity index (χ4v) is 3.36. The topological polar surface area (TPSA) is 98.9 Å². The number of amides is 1. The molecule has 0 saturated heterocycles. The van der Waals surface area contributed by atoms with Crippen LogP contribution in [-0.2, 0) is 24.3 Å². The first-order chi connectivity index (χ1) is 15.1. The predicted molar refractivity (Wildman–Crippen MR) is 116 cm³/mol. The van der Waals surface area contributed by atoms with E-state index < -0.39 is 11.2 Å². The van der Waals surface area contributed by atoms with Gasteiger partial charge in [-0.3, -0.25) is 19.1 Å². The van der Waals surface area contributed by atoms with E-state index in [1.165, 1.54) is 4.57 Å². The molecule has 0 atom stereocenters. The second-order valence-electron chi connectivity index (χ2n) is 7.10. The molecule has 0 fully saturated rings. The maximum atomic E-state index is 12.9. The van der Waals surface area contributed by atoms with Gasteiger partial charge in [-0.1, -0.05) is 30.3 Å². The molecule has 1 aromatic carbocycles. The molecule has 0 unspecified atom stereocenters. The number of carbonyl (C=O) groups excluding carboxylic acids is 1. The molecule has 8 heteroatoms. The highest BCUT2D eigenvalue weighted by Crippen LogP contribution is 2.13. The zero-order valence-corrected chi connectivity index (χ0v) is 16.8. The van der Waals surface area contributed by atoms with E-state index in [0.717, 1.165) is 22.1 Å². The van der Waals surface area contributed by atoms with Gasteiger partial charge in [-0.2, -0.15) is 4.98 Å². The minimum absolute atomic E-state index is 0.0353. The third-order valence-electron chi connectivity index (χ3n) is 4.93. The van der Waals surface area contributed by atoms with Gasteiger partial charge in [-0.15, -0.1) is 0 Å². The van der Waals surface area contributed by atoms with E-state index in [1.54, 1.807) is 42.9 Å². The van der Waals surface area contributed by atoms with E-state index in [9.17, 15) is 14.4 Å². The monoisotopic (exact) mass is 415 g/mol. The van der Waals surface area contributed by atoms with E-state index in [2.05, 4.69) is 15.3 Å². The van der Waals surface area contributed by atoms with Crippen molar-refractivity contribution in [1.29, 1.82) is 0 Å². The van der Waals surface area contributed by atoms with Crippen LogP contribution in [0.4, 0.5) is 0 Å². The molecule has 156 valence electrons. The number of benzene rings is 1. The summed E-state index contributed by atoms with van der Waals surface area (Å²) in [6.07, 6.45) is 5.56. The summed E-state index contributed by atoms with van der Waals surface area (Å²) in [7, 11) is 0. The van der Waals surface area contributed by atoms with E-state index in [0.29, 0.717) is 6.54 Å². The maximum Gasteiger partial charge on any atom is 0.352 e. The molecule has 0 saturated carbocycles. The molecule has 2 aromatic rings. The Balaban J connectivity index is 1.52. The number of hydrogen-bond donors (Lipinski definition) is 1. The van der Waals surface area contributed by atoms with Crippen LogP contribution in [0.2, 0.25) is 0 Å². The van der Waals surface area contributed by atoms with Gasteiger partial charge in [-0.05, 0) is 41.8 Å². The molecule has 8 nitrogen and oxygen atoms in total. The summed E-state index contributed by atoms with van der Waals surface area (Å²) < 4.78 is 2.61. The molecule has 1 aromatic heterocycles. The Kier molecular flexibility index (Phi) is 5.98. The summed E-state index contributed by atoms with van der Waals surface area (Å²) in [5, 5.41) is 2.86. The fraction of sp³-hybridized carbons (Fsp3) is 0.174. The van der Waals surface area contributed by atoms with Gasteiger partial charge in [0, 0.05) is 25.1 Å². The number of nitrogens with zero attached hydrogens (tertiary/aromatic N) is 4. The minimum Gasteiger partial charge on any atom is -0.354 e. The average Bonchev–Trinajstić information content (AvgIpc) is 2.79. The molecule has 0 spiro atoms. The lowest BCUT2D eigenvalue weighted by atomic mass is 10.1. The number of aromatic nitrogens is 4. The quantitative estimate of drug-likeness (QED) is 0.491. The number of carbonyl (C=O) groups is 1. The first-order valence-corrected chi connectivity index (χ1v) is 9.91. The zero-order valence-electron chi connectivity index (χ0n) is 16.8. The van der Waals surface area contributed by atoms with E-state index in [4.69, 9.17) is 0 Å². The normalized spacial score (nSPS) is 10.8. The molecule has 0 radical (unpaired) electrons. The Bertz CT molecular complexity index is 1270. The third-order valence-corrected chi connectivity index (χ3v) is 4.93. The Hall–Kier alpha value is -4.07. The third kappa shape index (κ3) is 4.75. The van der Waals surface area contributed by atoms with Crippen molar-refractivity contribution in [2.45, 2.75) is 19.5 Å². The number of hydrogen-bond acceptors (Lipinski definition) is 5. The molecule has 0 bridgehead atoms. The van der Waals surface area contributed by atoms with E-state index in [1.807, 2.05) is 30.3 Å². The highest BCUT2D eigenvalue weighted by molar-refractivity contribution is 5.76. The van der Waals surface area contributed by atoms with Crippen molar-refractivity contribution in [2.75, 3.05) is 6.54 Å². The highest BCUT2D eigenvalue weighted by Gasteiger charge is 2.18. The van der Waals surface area contributed by atoms with Gasteiger partial charge in [0.15, 0.2) is 5.82 Å². The van der Waals surface area contributed by atoms with Gasteiger partial charge in [-0.25, -0.2) is 4.79 Å². The summed E-state index contributed by atoms with van der Waals surface area (Å²) in [5.41, 5.74) is 1.10. The van der Waals surface area contributed by atoms with Crippen LogP contribution in [0.15, 0.2) is 82.8 Å². The smallest absolute Gasteiger partial charge is 0.352 e. The number of fused-ring (bicyclic) bond motifs is 1. The van der Waals surface area contributed by atoms with Crippen LogP contribution in [0.1, 0.15) is 11.1 Å². The van der Waals surface area contributed by atoms with Crippen LogP contribution in [0.25, 0.3) is 11.4 Å². The Morgan fingerprint density at radius 3 is 2.48 bits per heavy atom. The molecule has 1 N–H and O–H groups in total. The molecular formula is C23H21N5O3. The van der Waals surface area contributed by atoms with Crippen LogP contribution >= 0.6 is 0 Å². The summed E-state index contributed by atoms with van der Waals surface area (Å²) in [4.78, 5) is 45.9. The van der Waals surface area contributed by atoms with Crippen LogP contribution in [-0.4, -0.2) is 31.6 Å². The van der Waals surface area contributed by atoms with Gasteiger partial charge in [0.2, 0.25) is 5.91 Å². The second kappa shape index (κ2) is 9.17. The Morgan fingerprint density at radius 1 is 0.935 bits per heavy atom. The van der Waals surface area contributed by atoms with Crippen molar-refractivity contribution >= 4 is 5.91 Å². The highest BCUT2D eigenvalue weighted by atomic mass is 16.2. The lowest BCUT2D eigenvalue weighted by Gasteiger charge is -2.15. The van der Waals surface area contributed by atoms with Gasteiger partial charge >= 0.3 is 5.69 Å². The average molecular weight is 415 g/mol. The van der Waals surface area contributed by atoms with Crippen molar-refractivity contribution in [2.24, 2.45) is 0 Å².